The van der Waals surface area contributed by atoms with Crippen molar-refractivity contribution in [3.05, 3.63) is 79.6 Å². The summed E-state index contributed by atoms with van der Waals surface area (Å²) in [7, 11) is 0. The van der Waals surface area contributed by atoms with Crippen molar-refractivity contribution in [2.45, 2.75) is 0 Å². The van der Waals surface area contributed by atoms with Gasteiger partial charge in [-0.25, -0.2) is 0 Å². The molecular formula is C19H14IN4S-. The average molecular weight is 457 g/mol. The Morgan fingerprint density at radius 1 is 0.920 bits per heavy atom. The summed E-state index contributed by atoms with van der Waals surface area (Å²) in [5.74, 6) is 0.457. The van der Waals surface area contributed by atoms with Crippen molar-refractivity contribution in [1.82, 2.24) is 15.0 Å². The third kappa shape index (κ3) is 3.69. The molecule has 0 fully saturated rings. The van der Waals surface area contributed by atoms with Crippen LogP contribution in [0.25, 0.3) is 21.8 Å². The number of halogens is 1. The first kappa shape index (κ1) is 16.2. The first-order valence-electron chi connectivity index (χ1n) is 7.61. The van der Waals surface area contributed by atoms with Gasteiger partial charge in [0, 0.05) is 0 Å². The van der Waals surface area contributed by atoms with Crippen LogP contribution in [0.1, 0.15) is 0 Å². The van der Waals surface area contributed by atoms with E-state index in [9.17, 15) is 0 Å². The molecule has 2 aromatic carbocycles. The molecule has 0 bridgehead atoms. The summed E-state index contributed by atoms with van der Waals surface area (Å²) in [5.41, 5.74) is 8.76. The van der Waals surface area contributed by atoms with Crippen LogP contribution < -0.4 is 26.9 Å². The van der Waals surface area contributed by atoms with Gasteiger partial charge in [-0.15, -0.1) is 0 Å². The first-order chi connectivity index (χ1) is 12.3. The van der Waals surface area contributed by atoms with Gasteiger partial charge in [0.1, 0.15) is 0 Å². The SMILES string of the molecule is Nc1ncncc1-c1nc(-c2ccc([I-]c3ccccc3)cc2)cs1. The minimum absolute atomic E-state index is 0.141. The summed E-state index contributed by atoms with van der Waals surface area (Å²) >= 11 is 1.41. The summed E-state index contributed by atoms with van der Waals surface area (Å²) in [6.07, 6.45) is 3.15. The molecule has 124 valence electrons. The zero-order valence-electron chi connectivity index (χ0n) is 13.1. The van der Waals surface area contributed by atoms with Gasteiger partial charge in [0.15, 0.2) is 0 Å². The van der Waals surface area contributed by atoms with Gasteiger partial charge in [0.05, 0.1) is 0 Å². The summed E-state index contributed by atoms with van der Waals surface area (Å²) in [4.78, 5) is 12.8. The monoisotopic (exact) mass is 457 g/mol. The fraction of sp³-hybridized carbons (Fsp3) is 0. The van der Waals surface area contributed by atoms with Gasteiger partial charge in [-0.3, -0.25) is 0 Å². The molecule has 2 aromatic heterocycles. The van der Waals surface area contributed by atoms with E-state index in [-0.39, 0.29) is 21.2 Å². The van der Waals surface area contributed by atoms with Gasteiger partial charge in [0.25, 0.3) is 0 Å². The third-order valence-corrected chi connectivity index (χ3v) is 7.13. The van der Waals surface area contributed by atoms with Crippen LogP contribution in [0.2, 0.25) is 0 Å². The van der Waals surface area contributed by atoms with Gasteiger partial charge >= 0.3 is 161 Å². The van der Waals surface area contributed by atoms with E-state index >= 15 is 0 Å². The first-order valence-corrected chi connectivity index (χ1v) is 10.6. The number of benzene rings is 2. The van der Waals surface area contributed by atoms with Gasteiger partial charge in [-0.05, 0) is 0 Å². The molecule has 0 aliphatic heterocycles. The Balaban J connectivity index is 1.56. The molecule has 0 atom stereocenters. The van der Waals surface area contributed by atoms with Gasteiger partial charge in [-0.1, -0.05) is 0 Å². The van der Waals surface area contributed by atoms with Crippen LogP contribution in [-0.2, 0) is 0 Å². The van der Waals surface area contributed by atoms with Crippen molar-refractivity contribution in [3.63, 3.8) is 0 Å². The van der Waals surface area contributed by atoms with Gasteiger partial charge in [0.2, 0.25) is 0 Å². The quantitative estimate of drug-likeness (QED) is 0.465. The Bertz CT molecular complexity index is 984. The molecule has 0 unspecified atom stereocenters. The van der Waals surface area contributed by atoms with Crippen LogP contribution >= 0.6 is 11.3 Å². The van der Waals surface area contributed by atoms with Crippen molar-refractivity contribution >= 4 is 17.2 Å². The zero-order chi connectivity index (χ0) is 17.1. The van der Waals surface area contributed by atoms with Crippen molar-refractivity contribution in [2.24, 2.45) is 0 Å². The molecule has 0 radical (unpaired) electrons. The van der Waals surface area contributed by atoms with Crippen LogP contribution in [0, 0.1) is 7.14 Å². The Labute approximate surface area is 160 Å². The molecule has 4 nitrogen and oxygen atoms in total. The van der Waals surface area contributed by atoms with Crippen molar-refractivity contribution in [1.29, 1.82) is 0 Å². The standard InChI is InChI=1S/C19H14IN4S/c21-18-16(10-22-12-23-18)19-24-17(11-25-19)13-6-8-15(9-7-13)20-14-4-2-1-3-5-14/h1-12H,(H2,21,22,23)/q-1. The Morgan fingerprint density at radius 2 is 1.68 bits per heavy atom. The third-order valence-electron chi connectivity index (χ3n) is 3.57. The number of anilines is 1. The number of rotatable bonds is 4. The molecule has 2 N–H and O–H groups in total. The number of nitrogens with two attached hydrogens (primary N) is 1. The van der Waals surface area contributed by atoms with E-state index in [0.717, 1.165) is 21.8 Å². The normalized spacial score (nSPS) is 10.9. The van der Waals surface area contributed by atoms with Crippen LogP contribution in [0.4, 0.5) is 5.82 Å². The molecule has 0 amide bonds. The van der Waals surface area contributed by atoms with E-state index in [1.54, 1.807) is 17.5 Å². The Morgan fingerprint density at radius 3 is 2.44 bits per heavy atom. The van der Waals surface area contributed by atoms with Crippen LogP contribution in [0.5, 0.6) is 0 Å². The molecule has 4 aromatic rings. The van der Waals surface area contributed by atoms with Crippen LogP contribution in [0.3, 0.4) is 0 Å². The molecule has 0 saturated carbocycles. The summed E-state index contributed by atoms with van der Waals surface area (Å²) in [6.45, 7) is 0. The number of hydrogen-bond donors (Lipinski definition) is 1. The number of thiazole rings is 1. The van der Waals surface area contributed by atoms with E-state index in [1.807, 2.05) is 5.38 Å². The molecule has 6 heteroatoms. The van der Waals surface area contributed by atoms with Gasteiger partial charge in [-0.2, -0.15) is 0 Å². The molecule has 0 spiro atoms. The minimum atomic E-state index is -0.141. The Kier molecular flexibility index (Phi) is 4.71. The van der Waals surface area contributed by atoms with Crippen molar-refractivity contribution in [2.75, 3.05) is 5.73 Å². The maximum absolute atomic E-state index is 5.91. The molecule has 0 aliphatic rings. The second kappa shape index (κ2) is 7.28. The predicted molar refractivity (Wildman–Crippen MR) is 96.8 cm³/mol. The zero-order valence-corrected chi connectivity index (χ0v) is 16.1. The summed E-state index contributed by atoms with van der Waals surface area (Å²) in [5, 5.41) is 2.89. The van der Waals surface area contributed by atoms with E-state index < -0.39 is 0 Å². The average Bonchev–Trinajstić information content (AvgIpc) is 3.13. The van der Waals surface area contributed by atoms with E-state index in [1.165, 1.54) is 13.5 Å². The maximum atomic E-state index is 5.91. The summed E-state index contributed by atoms with van der Waals surface area (Å²) in [6, 6.07) is 19.3. The van der Waals surface area contributed by atoms with Gasteiger partial charge < -0.3 is 0 Å². The van der Waals surface area contributed by atoms with E-state index in [0.29, 0.717) is 5.82 Å². The van der Waals surface area contributed by atoms with Crippen molar-refractivity contribution in [3.8, 4) is 21.8 Å². The fourth-order valence-corrected chi connectivity index (χ4v) is 5.38. The Hall–Kier alpha value is -2.32. The van der Waals surface area contributed by atoms with E-state index in [2.05, 4.69) is 64.6 Å². The van der Waals surface area contributed by atoms with E-state index in [4.69, 9.17) is 10.7 Å². The molecular weight excluding hydrogens is 443 g/mol. The predicted octanol–water partition coefficient (Wildman–Crippen LogP) is 0.978. The number of nitrogen functional groups attached to an aromatic ring is 1. The molecule has 0 saturated heterocycles. The van der Waals surface area contributed by atoms with Crippen molar-refractivity contribution < 1.29 is 21.2 Å². The second-order valence-corrected chi connectivity index (χ2v) is 9.15. The molecule has 0 aliphatic carbocycles. The molecule has 25 heavy (non-hydrogen) atoms. The number of nitrogens with zero attached hydrogens (tertiary/aromatic N) is 3. The van der Waals surface area contributed by atoms with Crippen LogP contribution in [0.15, 0.2) is 72.5 Å². The summed E-state index contributed by atoms with van der Waals surface area (Å²) < 4.78 is 2.81. The number of aromatic nitrogens is 3. The topological polar surface area (TPSA) is 64.7 Å². The fourth-order valence-electron chi connectivity index (χ4n) is 2.32. The number of hydrogen-bond acceptors (Lipinski definition) is 5. The van der Waals surface area contributed by atoms with Crippen LogP contribution in [-0.4, -0.2) is 15.0 Å². The molecule has 4 rings (SSSR count). The second-order valence-electron chi connectivity index (χ2n) is 5.26. The molecule has 2 heterocycles.